The van der Waals surface area contributed by atoms with Gasteiger partial charge in [0.1, 0.15) is 11.5 Å². The summed E-state index contributed by atoms with van der Waals surface area (Å²) in [6, 6.07) is 18.8. The highest BCUT2D eigenvalue weighted by Gasteiger charge is 2.15. The quantitative estimate of drug-likeness (QED) is 0.495. The van der Waals surface area contributed by atoms with Crippen LogP contribution in [0.5, 0.6) is 11.5 Å². The van der Waals surface area contributed by atoms with Crippen molar-refractivity contribution in [3.63, 3.8) is 0 Å². The van der Waals surface area contributed by atoms with Crippen LogP contribution in [0.4, 0.5) is 0 Å². The lowest BCUT2D eigenvalue weighted by Gasteiger charge is -2.13. The second-order valence-electron chi connectivity index (χ2n) is 5.88. The molecule has 4 aromatic rings. The van der Waals surface area contributed by atoms with E-state index < -0.39 is 5.97 Å². The zero-order chi connectivity index (χ0) is 17.6. The van der Waals surface area contributed by atoms with Crippen molar-refractivity contribution in [2.24, 2.45) is 0 Å². The Kier molecular flexibility index (Phi) is 3.32. The normalized spacial score (nSPS) is 11.0. The molecule has 122 valence electrons. The van der Waals surface area contributed by atoms with Gasteiger partial charge in [0.25, 0.3) is 0 Å². The van der Waals surface area contributed by atoms with Crippen molar-refractivity contribution in [2.75, 3.05) is 0 Å². The highest BCUT2D eigenvalue weighted by Crippen LogP contribution is 2.41. The van der Waals surface area contributed by atoms with Crippen LogP contribution in [0.3, 0.4) is 0 Å². The van der Waals surface area contributed by atoms with E-state index in [1.165, 1.54) is 6.07 Å². The molecule has 4 rings (SSSR count). The predicted molar refractivity (Wildman–Crippen MR) is 97.2 cm³/mol. The molecule has 0 saturated carbocycles. The predicted octanol–water partition coefficient (Wildman–Crippen LogP) is 4.77. The van der Waals surface area contributed by atoms with E-state index in [4.69, 9.17) is 0 Å². The van der Waals surface area contributed by atoms with Crippen molar-refractivity contribution >= 4 is 27.5 Å². The largest absolute Gasteiger partial charge is 0.507 e. The number of aromatic hydroxyl groups is 2. The van der Waals surface area contributed by atoms with E-state index in [9.17, 15) is 20.1 Å². The molecule has 0 unspecified atom stereocenters. The average Bonchev–Trinajstić information content (AvgIpc) is 2.62. The van der Waals surface area contributed by atoms with Gasteiger partial charge in [-0.3, -0.25) is 0 Å². The Labute approximate surface area is 143 Å². The first-order valence-corrected chi connectivity index (χ1v) is 7.76. The summed E-state index contributed by atoms with van der Waals surface area (Å²) in [4.78, 5) is 11.2. The molecule has 4 nitrogen and oxygen atoms in total. The van der Waals surface area contributed by atoms with Crippen molar-refractivity contribution < 1.29 is 20.1 Å². The van der Waals surface area contributed by atoms with Crippen LogP contribution in [0.1, 0.15) is 10.4 Å². The Morgan fingerprint density at radius 1 is 0.720 bits per heavy atom. The highest BCUT2D eigenvalue weighted by molar-refractivity contribution is 6.09. The van der Waals surface area contributed by atoms with Gasteiger partial charge in [-0.05, 0) is 52.1 Å². The summed E-state index contributed by atoms with van der Waals surface area (Å²) < 4.78 is 0. The maximum absolute atomic E-state index is 11.2. The molecular formula is C21H14O4. The van der Waals surface area contributed by atoms with Gasteiger partial charge in [-0.1, -0.05) is 36.4 Å². The highest BCUT2D eigenvalue weighted by atomic mass is 16.4. The van der Waals surface area contributed by atoms with Gasteiger partial charge in [0.15, 0.2) is 0 Å². The number of fused-ring (bicyclic) bond motifs is 2. The molecule has 0 saturated heterocycles. The van der Waals surface area contributed by atoms with Crippen LogP contribution in [-0.2, 0) is 0 Å². The SMILES string of the molecule is O=C(O)c1ccc2c(-c3ccc(O)c4ccccc34)c(O)ccc2c1. The smallest absolute Gasteiger partial charge is 0.335 e. The maximum atomic E-state index is 11.2. The fourth-order valence-electron chi connectivity index (χ4n) is 3.24. The Morgan fingerprint density at radius 3 is 2.20 bits per heavy atom. The number of carbonyl (C=O) groups is 1. The fraction of sp³-hybridized carbons (Fsp3) is 0. The molecule has 4 aromatic carbocycles. The minimum absolute atomic E-state index is 0.103. The molecule has 0 amide bonds. The van der Waals surface area contributed by atoms with Crippen LogP contribution in [-0.4, -0.2) is 21.3 Å². The Morgan fingerprint density at radius 2 is 1.44 bits per heavy atom. The lowest BCUT2D eigenvalue weighted by Crippen LogP contribution is -1.95. The summed E-state index contributed by atoms with van der Waals surface area (Å²) in [6.07, 6.45) is 0. The van der Waals surface area contributed by atoms with E-state index in [2.05, 4.69) is 0 Å². The second-order valence-corrected chi connectivity index (χ2v) is 5.88. The van der Waals surface area contributed by atoms with Gasteiger partial charge in [0.05, 0.1) is 5.56 Å². The lowest BCUT2D eigenvalue weighted by molar-refractivity contribution is 0.0697. The van der Waals surface area contributed by atoms with Crippen LogP contribution < -0.4 is 0 Å². The van der Waals surface area contributed by atoms with Crippen LogP contribution in [0.25, 0.3) is 32.7 Å². The van der Waals surface area contributed by atoms with Crippen molar-refractivity contribution in [3.05, 3.63) is 72.3 Å². The van der Waals surface area contributed by atoms with Gasteiger partial charge >= 0.3 is 5.97 Å². The number of phenolic OH excluding ortho intramolecular Hbond substituents is 2. The van der Waals surface area contributed by atoms with Gasteiger partial charge in [0.2, 0.25) is 0 Å². The van der Waals surface area contributed by atoms with Crippen molar-refractivity contribution in [2.45, 2.75) is 0 Å². The molecular weight excluding hydrogens is 316 g/mol. The summed E-state index contributed by atoms with van der Waals surface area (Å²) >= 11 is 0. The molecule has 0 radical (unpaired) electrons. The average molecular weight is 330 g/mol. The number of benzene rings is 4. The lowest BCUT2D eigenvalue weighted by atomic mass is 9.92. The Balaban J connectivity index is 2.09. The van der Waals surface area contributed by atoms with Gasteiger partial charge in [-0.2, -0.15) is 0 Å². The van der Waals surface area contributed by atoms with E-state index in [0.29, 0.717) is 10.9 Å². The monoisotopic (exact) mass is 330 g/mol. The maximum Gasteiger partial charge on any atom is 0.335 e. The molecule has 25 heavy (non-hydrogen) atoms. The van der Waals surface area contributed by atoms with Crippen LogP contribution >= 0.6 is 0 Å². The first-order chi connectivity index (χ1) is 12.1. The first kappa shape index (κ1) is 15.0. The molecule has 0 fully saturated rings. The Hall–Kier alpha value is -3.53. The van der Waals surface area contributed by atoms with Crippen molar-refractivity contribution in [1.29, 1.82) is 0 Å². The summed E-state index contributed by atoms with van der Waals surface area (Å²) in [5.41, 5.74) is 1.59. The third-order valence-electron chi connectivity index (χ3n) is 4.42. The Bertz CT molecular complexity index is 1150. The molecule has 0 aliphatic heterocycles. The van der Waals surface area contributed by atoms with Crippen molar-refractivity contribution in [1.82, 2.24) is 0 Å². The number of carboxylic acids is 1. The van der Waals surface area contributed by atoms with Gasteiger partial charge in [0, 0.05) is 10.9 Å². The van der Waals surface area contributed by atoms with E-state index >= 15 is 0 Å². The van der Waals surface area contributed by atoms with Gasteiger partial charge < -0.3 is 15.3 Å². The van der Waals surface area contributed by atoms with Crippen molar-refractivity contribution in [3.8, 4) is 22.6 Å². The minimum Gasteiger partial charge on any atom is -0.507 e. The number of carboxylic acid groups (broad SMARTS) is 1. The number of hydrogen-bond acceptors (Lipinski definition) is 3. The molecule has 0 aromatic heterocycles. The minimum atomic E-state index is -0.994. The fourth-order valence-corrected chi connectivity index (χ4v) is 3.24. The molecule has 0 heterocycles. The zero-order valence-corrected chi connectivity index (χ0v) is 13.1. The van der Waals surface area contributed by atoms with Crippen LogP contribution in [0, 0.1) is 0 Å². The standard InChI is InChI=1S/C21H14O4/c22-18-10-8-17(15-3-1-2-4-16(15)18)20-14-7-5-13(21(24)25)11-12(14)6-9-19(20)23/h1-11,22-23H,(H,24,25). The first-order valence-electron chi connectivity index (χ1n) is 7.76. The molecule has 4 heteroatoms. The van der Waals surface area contributed by atoms with Crippen LogP contribution in [0.2, 0.25) is 0 Å². The van der Waals surface area contributed by atoms with E-state index in [1.807, 2.05) is 24.3 Å². The number of phenols is 2. The van der Waals surface area contributed by atoms with Gasteiger partial charge in [-0.15, -0.1) is 0 Å². The third kappa shape index (κ3) is 2.35. The number of rotatable bonds is 2. The van der Waals surface area contributed by atoms with Gasteiger partial charge in [-0.25, -0.2) is 4.79 Å². The third-order valence-corrected chi connectivity index (χ3v) is 4.42. The molecule has 0 spiro atoms. The molecule has 0 bridgehead atoms. The van der Waals surface area contributed by atoms with E-state index in [1.54, 1.807) is 36.4 Å². The molecule has 0 aliphatic carbocycles. The summed E-state index contributed by atoms with van der Waals surface area (Å²) in [5, 5.41) is 32.7. The molecule has 3 N–H and O–H groups in total. The number of hydrogen-bond donors (Lipinski definition) is 3. The van der Waals surface area contributed by atoms with E-state index in [0.717, 1.165) is 21.7 Å². The van der Waals surface area contributed by atoms with Crippen LogP contribution in [0.15, 0.2) is 66.7 Å². The second kappa shape index (κ2) is 5.53. The summed E-state index contributed by atoms with van der Waals surface area (Å²) in [7, 11) is 0. The molecule has 0 aliphatic rings. The molecule has 0 atom stereocenters. The zero-order valence-electron chi connectivity index (χ0n) is 13.1. The summed E-state index contributed by atoms with van der Waals surface area (Å²) in [6.45, 7) is 0. The number of aromatic carboxylic acids is 1. The van der Waals surface area contributed by atoms with E-state index in [-0.39, 0.29) is 17.1 Å². The summed E-state index contributed by atoms with van der Waals surface area (Å²) in [5.74, 6) is -0.717. The topological polar surface area (TPSA) is 77.8 Å².